The number of aryl methyl sites for hydroxylation is 1. The minimum absolute atomic E-state index is 0.0506. The van der Waals surface area contributed by atoms with Crippen LogP contribution in [0.2, 0.25) is 10.0 Å². The Morgan fingerprint density at radius 2 is 1.75 bits per heavy atom. The number of hydrogen-bond acceptors (Lipinski definition) is 6. The highest BCUT2D eigenvalue weighted by Crippen LogP contribution is 2.21. The molecule has 148 valence electrons. The Kier molecular flexibility index (Phi) is 7.84. The van der Waals surface area contributed by atoms with Crippen molar-refractivity contribution in [3.8, 4) is 0 Å². The SMILES string of the molecule is CO/N=C(/C(=O)OC)c1cccc(C)c1CO/N=C(\C)c1cc(Cl)cc(Cl)c1. The van der Waals surface area contributed by atoms with E-state index in [0.717, 1.165) is 16.7 Å². The van der Waals surface area contributed by atoms with Crippen LogP contribution in [0.3, 0.4) is 0 Å². The largest absolute Gasteiger partial charge is 0.464 e. The van der Waals surface area contributed by atoms with E-state index in [1.807, 2.05) is 19.1 Å². The molecular formula is C20H20Cl2N2O4. The maximum absolute atomic E-state index is 12.1. The number of esters is 1. The number of oxime groups is 2. The number of halogens is 2. The number of rotatable bonds is 7. The summed E-state index contributed by atoms with van der Waals surface area (Å²) in [5, 5.41) is 8.96. The second-order valence-corrected chi connectivity index (χ2v) is 6.70. The second-order valence-electron chi connectivity index (χ2n) is 5.82. The molecule has 28 heavy (non-hydrogen) atoms. The van der Waals surface area contributed by atoms with Crippen LogP contribution < -0.4 is 0 Å². The molecule has 0 atom stereocenters. The minimum atomic E-state index is -0.609. The predicted molar refractivity (Wildman–Crippen MR) is 110 cm³/mol. The van der Waals surface area contributed by atoms with Gasteiger partial charge in [0.25, 0.3) is 0 Å². The van der Waals surface area contributed by atoms with Crippen molar-refractivity contribution in [1.82, 2.24) is 0 Å². The smallest absolute Gasteiger partial charge is 0.360 e. The molecule has 0 aliphatic heterocycles. The van der Waals surface area contributed by atoms with E-state index in [1.54, 1.807) is 31.2 Å². The van der Waals surface area contributed by atoms with Crippen molar-refractivity contribution in [3.63, 3.8) is 0 Å². The summed E-state index contributed by atoms with van der Waals surface area (Å²) in [6.45, 7) is 3.80. The number of ether oxygens (including phenoxy) is 1. The molecule has 0 aliphatic carbocycles. The van der Waals surface area contributed by atoms with Gasteiger partial charge in [-0.15, -0.1) is 0 Å². The Hall–Kier alpha value is -2.57. The van der Waals surface area contributed by atoms with Gasteiger partial charge in [-0.2, -0.15) is 0 Å². The highest BCUT2D eigenvalue weighted by molar-refractivity contribution is 6.43. The zero-order chi connectivity index (χ0) is 20.7. The predicted octanol–water partition coefficient (Wildman–Crippen LogP) is 4.77. The molecule has 2 aromatic rings. The van der Waals surface area contributed by atoms with Crippen molar-refractivity contribution in [2.75, 3.05) is 14.2 Å². The average molecular weight is 423 g/mol. The number of nitrogens with zero attached hydrogens (tertiary/aromatic N) is 2. The Morgan fingerprint density at radius 1 is 1.07 bits per heavy atom. The molecule has 8 heteroatoms. The first-order chi connectivity index (χ1) is 13.4. The van der Waals surface area contributed by atoms with Gasteiger partial charge < -0.3 is 14.4 Å². The molecule has 0 heterocycles. The number of benzene rings is 2. The number of methoxy groups -OCH3 is 1. The normalized spacial score (nSPS) is 11.9. The molecule has 0 bridgehead atoms. The van der Waals surface area contributed by atoms with Crippen molar-refractivity contribution in [1.29, 1.82) is 0 Å². The van der Waals surface area contributed by atoms with Gasteiger partial charge in [0.1, 0.15) is 13.7 Å². The third kappa shape index (κ3) is 5.47. The molecule has 6 nitrogen and oxygen atoms in total. The Bertz CT molecular complexity index is 906. The summed E-state index contributed by atoms with van der Waals surface area (Å²) in [5.74, 6) is -0.609. The molecule has 2 aromatic carbocycles. The summed E-state index contributed by atoms with van der Waals surface area (Å²) in [7, 11) is 2.64. The van der Waals surface area contributed by atoms with Gasteiger partial charge in [0.2, 0.25) is 0 Å². The van der Waals surface area contributed by atoms with E-state index in [2.05, 4.69) is 10.3 Å². The summed E-state index contributed by atoms with van der Waals surface area (Å²) >= 11 is 12.0. The first-order valence-electron chi connectivity index (χ1n) is 8.28. The molecule has 0 saturated carbocycles. The zero-order valence-electron chi connectivity index (χ0n) is 16.0. The van der Waals surface area contributed by atoms with Gasteiger partial charge in [-0.05, 0) is 37.6 Å². The summed E-state index contributed by atoms with van der Waals surface area (Å²) in [6, 6.07) is 10.6. The molecule has 0 aromatic heterocycles. The lowest BCUT2D eigenvalue weighted by Gasteiger charge is -2.12. The van der Waals surface area contributed by atoms with Crippen LogP contribution in [0.1, 0.15) is 29.2 Å². The van der Waals surface area contributed by atoms with Crippen molar-refractivity contribution < 1.29 is 19.2 Å². The molecule has 2 rings (SSSR count). The van der Waals surface area contributed by atoms with Crippen LogP contribution in [0.25, 0.3) is 0 Å². The van der Waals surface area contributed by atoms with Crippen LogP contribution in [0.4, 0.5) is 0 Å². The van der Waals surface area contributed by atoms with Crippen molar-refractivity contribution >= 4 is 40.6 Å². The van der Waals surface area contributed by atoms with Gasteiger partial charge in [0.15, 0.2) is 5.71 Å². The lowest BCUT2D eigenvalue weighted by atomic mass is 9.99. The van der Waals surface area contributed by atoms with E-state index >= 15 is 0 Å². The first kappa shape index (κ1) is 21.7. The van der Waals surface area contributed by atoms with Crippen LogP contribution in [-0.4, -0.2) is 31.6 Å². The molecule has 0 aliphatic rings. The third-order valence-corrected chi connectivity index (χ3v) is 4.35. The van der Waals surface area contributed by atoms with E-state index < -0.39 is 5.97 Å². The summed E-state index contributed by atoms with van der Waals surface area (Å²) in [4.78, 5) is 22.4. The quantitative estimate of drug-likeness (QED) is 0.366. The molecule has 0 radical (unpaired) electrons. The highest BCUT2D eigenvalue weighted by Gasteiger charge is 2.20. The van der Waals surface area contributed by atoms with E-state index in [4.69, 9.17) is 37.6 Å². The van der Waals surface area contributed by atoms with Gasteiger partial charge in [-0.1, -0.05) is 51.7 Å². The average Bonchev–Trinajstić information content (AvgIpc) is 2.66. The van der Waals surface area contributed by atoms with Gasteiger partial charge >= 0.3 is 5.97 Å². The third-order valence-electron chi connectivity index (χ3n) is 3.92. The molecular weight excluding hydrogens is 403 g/mol. The number of carbonyl (C=O) groups is 1. The van der Waals surface area contributed by atoms with Crippen LogP contribution in [0.15, 0.2) is 46.7 Å². The van der Waals surface area contributed by atoms with Gasteiger partial charge in [0, 0.05) is 26.7 Å². The van der Waals surface area contributed by atoms with Gasteiger partial charge in [-0.25, -0.2) is 4.79 Å². The topological polar surface area (TPSA) is 69.5 Å². The van der Waals surface area contributed by atoms with Crippen molar-refractivity contribution in [2.45, 2.75) is 20.5 Å². The summed E-state index contributed by atoms with van der Waals surface area (Å²) in [5.41, 5.74) is 3.60. The van der Waals surface area contributed by atoms with E-state index in [9.17, 15) is 4.79 Å². The maximum Gasteiger partial charge on any atom is 0.360 e. The fraction of sp³-hybridized carbons (Fsp3) is 0.250. The summed E-state index contributed by atoms with van der Waals surface area (Å²) in [6.07, 6.45) is 0. The lowest BCUT2D eigenvalue weighted by Crippen LogP contribution is -2.20. The Morgan fingerprint density at radius 3 is 2.36 bits per heavy atom. The zero-order valence-corrected chi connectivity index (χ0v) is 17.5. The van der Waals surface area contributed by atoms with Crippen LogP contribution in [-0.2, 0) is 25.8 Å². The monoisotopic (exact) mass is 422 g/mol. The summed E-state index contributed by atoms with van der Waals surface area (Å²) < 4.78 is 4.79. The molecule has 0 amide bonds. The fourth-order valence-corrected chi connectivity index (χ4v) is 3.04. The number of hydrogen-bond donors (Lipinski definition) is 0. The molecule has 0 N–H and O–H groups in total. The van der Waals surface area contributed by atoms with Crippen molar-refractivity contribution in [3.05, 3.63) is 68.7 Å². The molecule has 0 saturated heterocycles. The number of carbonyl (C=O) groups excluding carboxylic acids is 1. The minimum Gasteiger partial charge on any atom is -0.464 e. The van der Waals surface area contributed by atoms with E-state index in [0.29, 0.717) is 21.3 Å². The molecule has 0 unspecified atom stereocenters. The lowest BCUT2D eigenvalue weighted by molar-refractivity contribution is -0.132. The standard InChI is InChI=1S/C20H20Cl2N2O4/c1-12-6-5-7-17(19(24-27-4)20(25)26-3)18(12)11-28-23-13(2)14-8-15(21)10-16(22)9-14/h5-10H,11H2,1-4H3/b23-13+,24-19+. The van der Waals surface area contributed by atoms with Gasteiger partial charge in [-0.3, -0.25) is 0 Å². The molecule has 0 spiro atoms. The van der Waals surface area contributed by atoms with E-state index in [1.165, 1.54) is 14.2 Å². The maximum atomic E-state index is 12.1. The second kappa shape index (κ2) is 10.1. The Labute approximate surface area is 173 Å². The van der Waals surface area contributed by atoms with Crippen LogP contribution in [0, 0.1) is 6.92 Å². The van der Waals surface area contributed by atoms with Crippen molar-refractivity contribution in [2.24, 2.45) is 10.3 Å². The highest BCUT2D eigenvalue weighted by atomic mass is 35.5. The van der Waals surface area contributed by atoms with Gasteiger partial charge in [0.05, 0.1) is 12.8 Å². The van der Waals surface area contributed by atoms with Crippen LogP contribution >= 0.6 is 23.2 Å². The fourth-order valence-electron chi connectivity index (χ4n) is 2.51. The van der Waals surface area contributed by atoms with Crippen LogP contribution in [0.5, 0.6) is 0 Å². The Balaban J connectivity index is 2.29. The molecule has 0 fully saturated rings. The first-order valence-corrected chi connectivity index (χ1v) is 9.04. The van der Waals surface area contributed by atoms with E-state index in [-0.39, 0.29) is 12.3 Å².